The summed E-state index contributed by atoms with van der Waals surface area (Å²) >= 11 is 0. The quantitative estimate of drug-likeness (QED) is 0.253. The van der Waals surface area contributed by atoms with E-state index in [0.29, 0.717) is 24.7 Å². The number of hydrogen-bond donors (Lipinski definition) is 3. The molecule has 0 aromatic rings. The molecule has 0 aromatic carbocycles. The fraction of sp³-hybridized carbons (Fsp3) is 0.696. The van der Waals surface area contributed by atoms with Gasteiger partial charge in [0.15, 0.2) is 0 Å². The lowest BCUT2D eigenvalue weighted by atomic mass is 9.87. The van der Waals surface area contributed by atoms with Crippen LogP contribution in [0.4, 0.5) is 0 Å². The number of rotatable bonds is 12. The molecule has 158 valence electrons. The number of carbonyl (C=O) groups is 1. The number of aliphatic carboxylic acids is 1. The lowest BCUT2D eigenvalue weighted by Gasteiger charge is -2.21. The van der Waals surface area contributed by atoms with E-state index in [1.807, 2.05) is 6.08 Å². The second kappa shape index (κ2) is 11.4. The van der Waals surface area contributed by atoms with Crippen LogP contribution in [0.3, 0.4) is 0 Å². The molecular formula is C23H36O5. The van der Waals surface area contributed by atoms with Gasteiger partial charge in [0, 0.05) is 5.92 Å². The molecule has 0 amide bonds. The van der Waals surface area contributed by atoms with Crippen molar-refractivity contribution in [2.24, 2.45) is 17.8 Å². The van der Waals surface area contributed by atoms with Crippen LogP contribution in [0, 0.1) is 17.8 Å². The summed E-state index contributed by atoms with van der Waals surface area (Å²) in [7, 11) is 0. The van der Waals surface area contributed by atoms with Gasteiger partial charge in [-0.1, -0.05) is 29.7 Å². The Labute approximate surface area is 168 Å². The predicted molar refractivity (Wildman–Crippen MR) is 110 cm³/mol. The predicted octanol–water partition coefficient (Wildman–Crippen LogP) is 4.78. The van der Waals surface area contributed by atoms with Crippen molar-refractivity contribution in [1.82, 2.24) is 0 Å². The van der Waals surface area contributed by atoms with Gasteiger partial charge < -0.3 is 20.1 Å². The van der Waals surface area contributed by atoms with Crippen molar-refractivity contribution in [1.29, 1.82) is 0 Å². The van der Waals surface area contributed by atoms with E-state index in [4.69, 9.17) is 9.84 Å². The lowest BCUT2D eigenvalue weighted by Crippen LogP contribution is -2.22. The summed E-state index contributed by atoms with van der Waals surface area (Å²) in [4.78, 5) is 10.5. The molecule has 0 spiro atoms. The number of carboxylic acids is 1. The second-order valence-electron chi connectivity index (χ2n) is 8.43. The van der Waals surface area contributed by atoms with E-state index in [-0.39, 0.29) is 18.4 Å². The molecule has 0 heterocycles. The van der Waals surface area contributed by atoms with Crippen molar-refractivity contribution in [3.05, 3.63) is 35.1 Å². The maximum atomic E-state index is 10.6. The number of fused-ring (bicyclic) bond motifs is 1. The first-order chi connectivity index (χ1) is 13.4. The molecule has 2 rings (SSSR count). The molecule has 2 aliphatic rings. The summed E-state index contributed by atoms with van der Waals surface area (Å²) < 4.78 is 5.13. The Hall–Kier alpha value is -1.59. The molecule has 0 radical (unpaired) electrons. The molecule has 1 fully saturated rings. The minimum absolute atomic E-state index is 0.177. The Morgan fingerprint density at radius 1 is 1.18 bits per heavy atom. The van der Waals surface area contributed by atoms with Crippen molar-refractivity contribution in [3.63, 3.8) is 0 Å². The van der Waals surface area contributed by atoms with E-state index >= 15 is 0 Å². The third kappa shape index (κ3) is 7.10. The maximum absolute atomic E-state index is 10.6. The number of aliphatic hydroxyl groups excluding tert-OH is 2. The van der Waals surface area contributed by atoms with Crippen LogP contribution >= 0.6 is 0 Å². The van der Waals surface area contributed by atoms with Crippen LogP contribution in [-0.4, -0.2) is 40.6 Å². The molecule has 0 unspecified atom stereocenters. The molecule has 0 aromatic heterocycles. The highest BCUT2D eigenvalue weighted by Gasteiger charge is 2.46. The lowest BCUT2D eigenvalue weighted by molar-refractivity contribution is -0.142. The Kier molecular flexibility index (Phi) is 9.26. The number of aliphatic hydroxyl groups is 2. The number of unbranched alkanes of at least 4 members (excludes halogenated alkanes) is 4. The zero-order valence-electron chi connectivity index (χ0n) is 17.3. The zero-order chi connectivity index (χ0) is 20.5. The van der Waals surface area contributed by atoms with E-state index in [9.17, 15) is 15.0 Å². The summed E-state index contributed by atoms with van der Waals surface area (Å²) in [5, 5.41) is 29.6. The van der Waals surface area contributed by atoms with Crippen LogP contribution in [0.2, 0.25) is 0 Å². The second-order valence-corrected chi connectivity index (χ2v) is 8.43. The van der Waals surface area contributed by atoms with Gasteiger partial charge in [-0.25, -0.2) is 4.79 Å². The normalized spacial score (nSPS) is 26.8. The fourth-order valence-electron chi connectivity index (χ4n) is 4.50. The Balaban J connectivity index is 1.74. The first-order valence-corrected chi connectivity index (χ1v) is 10.6. The standard InChI is InChI=1S/C23H36O5/c1-16(2)8-6-4-3-5-7-9-20(24)23-19-13-17(10-11-28-15-22(26)27)12-18(19)14-21(23)25/h8-9,12,18-19,21,23-25H,3-7,10-11,13-15H2,1-2H3,(H,26,27)/t18-,19-,21+,23-/m1/s1. The van der Waals surface area contributed by atoms with Crippen LogP contribution in [0.5, 0.6) is 0 Å². The Morgan fingerprint density at radius 2 is 1.89 bits per heavy atom. The summed E-state index contributed by atoms with van der Waals surface area (Å²) in [6, 6.07) is 0. The highest BCUT2D eigenvalue weighted by atomic mass is 16.5. The van der Waals surface area contributed by atoms with Crippen molar-refractivity contribution in [2.45, 2.75) is 71.3 Å². The van der Waals surface area contributed by atoms with Crippen LogP contribution in [0.25, 0.3) is 0 Å². The minimum Gasteiger partial charge on any atom is -0.512 e. The Bertz CT molecular complexity index is 600. The molecule has 28 heavy (non-hydrogen) atoms. The van der Waals surface area contributed by atoms with Gasteiger partial charge in [-0.15, -0.1) is 0 Å². The fourth-order valence-corrected chi connectivity index (χ4v) is 4.50. The molecule has 0 saturated heterocycles. The maximum Gasteiger partial charge on any atom is 0.329 e. The molecular weight excluding hydrogens is 356 g/mol. The molecule has 5 heteroatoms. The van der Waals surface area contributed by atoms with Gasteiger partial charge in [0.2, 0.25) is 0 Å². The van der Waals surface area contributed by atoms with E-state index in [2.05, 4.69) is 26.0 Å². The third-order valence-electron chi connectivity index (χ3n) is 5.84. The Morgan fingerprint density at radius 3 is 2.57 bits per heavy atom. The van der Waals surface area contributed by atoms with E-state index in [1.54, 1.807) is 0 Å². The third-order valence-corrected chi connectivity index (χ3v) is 5.84. The SMILES string of the molecule is CC(C)=CCCCCCC=C(O)[C@H]1[C@@H]2CC(CCOCC(=O)O)=C[C@@H]2C[C@@H]1O. The van der Waals surface area contributed by atoms with Gasteiger partial charge in [0.25, 0.3) is 0 Å². The van der Waals surface area contributed by atoms with E-state index < -0.39 is 12.1 Å². The van der Waals surface area contributed by atoms with Gasteiger partial charge in [-0.05, 0) is 76.7 Å². The number of carboxylic acid groups (broad SMARTS) is 1. The highest BCUT2D eigenvalue weighted by Crippen LogP contribution is 2.49. The average molecular weight is 393 g/mol. The van der Waals surface area contributed by atoms with Crippen molar-refractivity contribution in [3.8, 4) is 0 Å². The van der Waals surface area contributed by atoms with Crippen LogP contribution in [0.15, 0.2) is 35.1 Å². The highest BCUT2D eigenvalue weighted by molar-refractivity contribution is 5.67. The van der Waals surface area contributed by atoms with Gasteiger partial charge in [0.05, 0.1) is 18.5 Å². The topological polar surface area (TPSA) is 87.0 Å². The minimum atomic E-state index is -0.951. The first-order valence-electron chi connectivity index (χ1n) is 10.6. The van der Waals surface area contributed by atoms with Crippen LogP contribution in [-0.2, 0) is 9.53 Å². The monoisotopic (exact) mass is 392 g/mol. The van der Waals surface area contributed by atoms with Crippen LogP contribution < -0.4 is 0 Å². The average Bonchev–Trinajstić information content (AvgIpc) is 3.13. The number of allylic oxidation sites excluding steroid dienone is 4. The molecule has 5 nitrogen and oxygen atoms in total. The van der Waals surface area contributed by atoms with Crippen LogP contribution in [0.1, 0.15) is 65.2 Å². The first kappa shape index (κ1) is 22.7. The molecule has 2 aliphatic carbocycles. The van der Waals surface area contributed by atoms with Gasteiger partial charge in [-0.2, -0.15) is 0 Å². The molecule has 1 saturated carbocycles. The number of ether oxygens (including phenoxy) is 1. The van der Waals surface area contributed by atoms with Crippen molar-refractivity contribution >= 4 is 5.97 Å². The van der Waals surface area contributed by atoms with Gasteiger partial charge >= 0.3 is 5.97 Å². The van der Waals surface area contributed by atoms with Crippen molar-refractivity contribution < 1.29 is 24.9 Å². The summed E-state index contributed by atoms with van der Waals surface area (Å²) in [5.74, 6) is -0.231. The summed E-state index contributed by atoms with van der Waals surface area (Å²) in [5.41, 5.74) is 2.62. The van der Waals surface area contributed by atoms with E-state index in [0.717, 1.165) is 38.5 Å². The largest absolute Gasteiger partial charge is 0.512 e. The number of hydrogen-bond acceptors (Lipinski definition) is 4. The zero-order valence-corrected chi connectivity index (χ0v) is 17.3. The van der Waals surface area contributed by atoms with Crippen molar-refractivity contribution in [2.75, 3.05) is 13.2 Å². The molecule has 4 atom stereocenters. The molecule has 3 N–H and O–H groups in total. The smallest absolute Gasteiger partial charge is 0.329 e. The summed E-state index contributed by atoms with van der Waals surface area (Å²) in [6.45, 7) is 4.37. The van der Waals surface area contributed by atoms with Gasteiger partial charge in [0.1, 0.15) is 6.61 Å². The summed E-state index contributed by atoms with van der Waals surface area (Å²) in [6.07, 6.45) is 13.5. The van der Waals surface area contributed by atoms with Gasteiger partial charge in [-0.3, -0.25) is 0 Å². The molecule has 0 aliphatic heterocycles. The van der Waals surface area contributed by atoms with E-state index in [1.165, 1.54) is 17.6 Å². The molecule has 0 bridgehead atoms.